The second-order valence-corrected chi connectivity index (χ2v) is 4.48. The summed E-state index contributed by atoms with van der Waals surface area (Å²) in [5.74, 6) is 0.711. The van der Waals surface area contributed by atoms with E-state index in [2.05, 4.69) is 15.4 Å². The van der Waals surface area contributed by atoms with Crippen molar-refractivity contribution in [2.45, 2.75) is 25.8 Å². The fourth-order valence-corrected chi connectivity index (χ4v) is 2.07. The van der Waals surface area contributed by atoms with Crippen LogP contribution < -0.4 is 5.32 Å². The summed E-state index contributed by atoms with van der Waals surface area (Å²) in [4.78, 5) is 4.45. The van der Waals surface area contributed by atoms with Gasteiger partial charge in [0.2, 0.25) is 5.95 Å². The van der Waals surface area contributed by atoms with E-state index in [0.717, 1.165) is 31.7 Å². The average Bonchev–Trinajstić information content (AvgIpc) is 2.71. The molecule has 1 aliphatic rings. The molecule has 0 amide bonds. The van der Waals surface area contributed by atoms with Gasteiger partial charge in [0.05, 0.1) is 0 Å². The largest absolute Gasteiger partial charge is 0.381 e. The number of fused-ring (bicyclic) bond motifs is 1. The Balaban J connectivity index is 1.80. The molecule has 0 unspecified atom stereocenters. The van der Waals surface area contributed by atoms with Crippen molar-refractivity contribution >= 4 is 11.6 Å². The summed E-state index contributed by atoms with van der Waals surface area (Å²) in [5, 5.41) is 7.79. The number of hydrogen-bond donors (Lipinski definition) is 1. The Morgan fingerprint density at radius 1 is 1.35 bits per heavy atom. The van der Waals surface area contributed by atoms with Crippen LogP contribution in [-0.4, -0.2) is 33.9 Å². The molecule has 3 heterocycles. The maximum Gasteiger partial charge on any atom is 0.243 e. The summed E-state index contributed by atoms with van der Waals surface area (Å²) < 4.78 is 7.14. The van der Waals surface area contributed by atoms with Crippen LogP contribution in [0, 0.1) is 6.92 Å². The van der Waals surface area contributed by atoms with Gasteiger partial charge >= 0.3 is 0 Å². The van der Waals surface area contributed by atoms with Gasteiger partial charge in [-0.05, 0) is 31.4 Å². The van der Waals surface area contributed by atoms with Gasteiger partial charge in [-0.15, -0.1) is 5.10 Å². The number of aryl methyl sites for hydroxylation is 1. The molecule has 0 atom stereocenters. The van der Waals surface area contributed by atoms with Gasteiger partial charge in [0.1, 0.15) is 0 Å². The van der Waals surface area contributed by atoms with Crippen LogP contribution in [0.5, 0.6) is 0 Å². The van der Waals surface area contributed by atoms with Crippen molar-refractivity contribution in [2.24, 2.45) is 0 Å². The first kappa shape index (κ1) is 10.5. The molecule has 1 fully saturated rings. The lowest BCUT2D eigenvalue weighted by atomic mass is 10.1. The fourth-order valence-electron chi connectivity index (χ4n) is 2.07. The average molecular weight is 232 g/mol. The highest BCUT2D eigenvalue weighted by molar-refractivity contribution is 5.44. The van der Waals surface area contributed by atoms with E-state index < -0.39 is 0 Å². The number of anilines is 1. The second-order valence-electron chi connectivity index (χ2n) is 4.48. The molecule has 1 N–H and O–H groups in total. The molecule has 2 aromatic heterocycles. The van der Waals surface area contributed by atoms with Gasteiger partial charge in [-0.3, -0.25) is 0 Å². The number of pyridine rings is 1. The maximum atomic E-state index is 5.33. The van der Waals surface area contributed by atoms with Crippen LogP contribution >= 0.6 is 0 Å². The molecule has 0 saturated carbocycles. The molecule has 0 radical (unpaired) electrons. The van der Waals surface area contributed by atoms with Crippen molar-refractivity contribution in [3.05, 3.63) is 23.9 Å². The van der Waals surface area contributed by atoms with Crippen molar-refractivity contribution in [1.29, 1.82) is 0 Å². The molecule has 2 aromatic rings. The fraction of sp³-hybridized carbons (Fsp3) is 0.500. The van der Waals surface area contributed by atoms with Crippen LogP contribution in [0.3, 0.4) is 0 Å². The number of nitrogens with zero attached hydrogens (tertiary/aromatic N) is 3. The van der Waals surface area contributed by atoms with Crippen molar-refractivity contribution in [3.63, 3.8) is 0 Å². The Morgan fingerprint density at radius 3 is 3.00 bits per heavy atom. The normalized spacial score (nSPS) is 17.5. The van der Waals surface area contributed by atoms with Crippen molar-refractivity contribution in [1.82, 2.24) is 14.6 Å². The lowest BCUT2D eigenvalue weighted by molar-refractivity contribution is 0.0903. The third-order valence-corrected chi connectivity index (χ3v) is 3.03. The Labute approximate surface area is 99.8 Å². The summed E-state index contributed by atoms with van der Waals surface area (Å²) in [6, 6.07) is 4.46. The number of nitrogens with one attached hydrogen (secondary N) is 1. The van der Waals surface area contributed by atoms with Crippen LogP contribution in [0.1, 0.15) is 18.4 Å². The smallest absolute Gasteiger partial charge is 0.243 e. The molecule has 0 aliphatic carbocycles. The SMILES string of the molecule is Cc1ccc2nc(NC3CCOCC3)nn2c1. The summed E-state index contributed by atoms with van der Waals surface area (Å²) in [6.07, 6.45) is 4.03. The van der Waals surface area contributed by atoms with Crippen molar-refractivity contribution < 1.29 is 4.74 Å². The molecular formula is C12H16N4O. The summed E-state index contributed by atoms with van der Waals surface area (Å²) in [7, 11) is 0. The van der Waals surface area contributed by atoms with Crippen LogP contribution in [-0.2, 0) is 4.74 Å². The molecule has 3 rings (SSSR count). The number of rotatable bonds is 2. The molecule has 0 spiro atoms. The second kappa shape index (κ2) is 4.33. The molecule has 1 aliphatic heterocycles. The lowest BCUT2D eigenvalue weighted by Gasteiger charge is -2.22. The van der Waals surface area contributed by atoms with Gasteiger partial charge in [0.15, 0.2) is 5.65 Å². The minimum atomic E-state index is 0.433. The zero-order chi connectivity index (χ0) is 11.7. The Kier molecular flexibility index (Phi) is 2.68. The Morgan fingerprint density at radius 2 is 2.18 bits per heavy atom. The van der Waals surface area contributed by atoms with Gasteiger partial charge in [-0.2, -0.15) is 4.98 Å². The number of ether oxygens (including phenoxy) is 1. The minimum absolute atomic E-state index is 0.433. The first-order chi connectivity index (χ1) is 8.31. The molecule has 5 nitrogen and oxygen atoms in total. The Bertz CT molecular complexity index is 516. The lowest BCUT2D eigenvalue weighted by Crippen LogP contribution is -2.28. The van der Waals surface area contributed by atoms with Crippen molar-refractivity contribution in [3.8, 4) is 0 Å². The predicted octanol–water partition coefficient (Wildman–Crippen LogP) is 1.63. The predicted molar refractivity (Wildman–Crippen MR) is 65.2 cm³/mol. The highest BCUT2D eigenvalue weighted by atomic mass is 16.5. The standard InChI is InChI=1S/C12H16N4O/c1-9-2-3-11-14-12(15-16(11)8-9)13-10-4-6-17-7-5-10/h2-3,8,10H,4-7H2,1H3,(H,13,15). The summed E-state index contributed by atoms with van der Waals surface area (Å²) >= 11 is 0. The van der Waals surface area contributed by atoms with E-state index in [-0.39, 0.29) is 0 Å². The molecule has 17 heavy (non-hydrogen) atoms. The van der Waals surface area contributed by atoms with Gasteiger partial charge in [0.25, 0.3) is 0 Å². The van der Waals surface area contributed by atoms with E-state index in [9.17, 15) is 0 Å². The van der Waals surface area contributed by atoms with E-state index in [0.29, 0.717) is 12.0 Å². The van der Waals surface area contributed by atoms with Crippen LogP contribution in [0.2, 0.25) is 0 Å². The molecule has 90 valence electrons. The van der Waals surface area contributed by atoms with E-state index >= 15 is 0 Å². The van der Waals surface area contributed by atoms with Crippen LogP contribution in [0.4, 0.5) is 5.95 Å². The molecule has 0 aromatic carbocycles. The molecule has 5 heteroatoms. The zero-order valence-electron chi connectivity index (χ0n) is 9.89. The molecular weight excluding hydrogens is 216 g/mol. The monoisotopic (exact) mass is 232 g/mol. The highest BCUT2D eigenvalue weighted by Crippen LogP contribution is 2.13. The maximum absolute atomic E-state index is 5.33. The number of aromatic nitrogens is 3. The molecule has 1 saturated heterocycles. The van der Waals surface area contributed by atoms with Crippen LogP contribution in [0.15, 0.2) is 18.3 Å². The Hall–Kier alpha value is -1.62. The van der Waals surface area contributed by atoms with Gasteiger partial charge < -0.3 is 10.1 Å². The van der Waals surface area contributed by atoms with E-state index in [1.54, 1.807) is 0 Å². The third-order valence-electron chi connectivity index (χ3n) is 3.03. The van der Waals surface area contributed by atoms with Crippen LogP contribution in [0.25, 0.3) is 5.65 Å². The van der Waals surface area contributed by atoms with Gasteiger partial charge in [-0.1, -0.05) is 6.07 Å². The van der Waals surface area contributed by atoms with Gasteiger partial charge in [-0.25, -0.2) is 4.52 Å². The van der Waals surface area contributed by atoms with E-state index in [1.165, 1.54) is 5.56 Å². The highest BCUT2D eigenvalue weighted by Gasteiger charge is 2.15. The first-order valence-electron chi connectivity index (χ1n) is 5.98. The zero-order valence-corrected chi connectivity index (χ0v) is 9.89. The molecule has 0 bridgehead atoms. The quantitative estimate of drug-likeness (QED) is 0.855. The van der Waals surface area contributed by atoms with Gasteiger partial charge in [0, 0.05) is 25.5 Å². The third kappa shape index (κ3) is 2.24. The van der Waals surface area contributed by atoms with E-state index in [1.807, 2.05) is 29.8 Å². The van der Waals surface area contributed by atoms with E-state index in [4.69, 9.17) is 4.74 Å². The van der Waals surface area contributed by atoms with Crippen molar-refractivity contribution in [2.75, 3.05) is 18.5 Å². The number of hydrogen-bond acceptors (Lipinski definition) is 4. The topological polar surface area (TPSA) is 51.5 Å². The first-order valence-corrected chi connectivity index (χ1v) is 5.98. The minimum Gasteiger partial charge on any atom is -0.381 e. The summed E-state index contributed by atoms with van der Waals surface area (Å²) in [5.41, 5.74) is 2.06. The summed E-state index contributed by atoms with van der Waals surface area (Å²) in [6.45, 7) is 3.70.